The monoisotopic (exact) mass is 253 g/mol. The second kappa shape index (κ2) is 6.55. The van der Waals surface area contributed by atoms with E-state index in [0.717, 1.165) is 38.8 Å². The number of amides is 1. The fourth-order valence-corrected chi connectivity index (χ4v) is 3.06. The van der Waals surface area contributed by atoms with Gasteiger partial charge in [0.1, 0.15) is 5.60 Å². The van der Waals surface area contributed by atoms with Gasteiger partial charge < -0.3 is 10.1 Å². The number of hydrogen-bond donors (Lipinski definition) is 1. The summed E-state index contributed by atoms with van der Waals surface area (Å²) in [4.78, 5) is 12.3. The lowest BCUT2D eigenvalue weighted by atomic mass is 9.85. The molecular weight excluding hydrogens is 226 g/mol. The molecule has 104 valence electrons. The van der Waals surface area contributed by atoms with Crippen molar-refractivity contribution >= 4 is 5.91 Å². The molecular formula is C15H27NO2. The van der Waals surface area contributed by atoms with E-state index in [2.05, 4.69) is 12.2 Å². The number of unbranched alkanes of at least 4 members (excludes halogenated alkanes) is 1. The number of ether oxygens (including phenoxy) is 1. The first kappa shape index (κ1) is 13.9. The summed E-state index contributed by atoms with van der Waals surface area (Å²) in [6.45, 7) is 3.78. The Kier molecular flexibility index (Phi) is 5.04. The van der Waals surface area contributed by atoms with E-state index in [4.69, 9.17) is 4.74 Å². The van der Waals surface area contributed by atoms with Crippen LogP contribution >= 0.6 is 0 Å². The van der Waals surface area contributed by atoms with Crippen LogP contribution in [0.25, 0.3) is 0 Å². The molecule has 0 aromatic rings. The van der Waals surface area contributed by atoms with Gasteiger partial charge in [0.2, 0.25) is 5.91 Å². The summed E-state index contributed by atoms with van der Waals surface area (Å²) in [7, 11) is 0. The molecule has 2 rings (SSSR count). The van der Waals surface area contributed by atoms with Gasteiger partial charge in [-0.3, -0.25) is 4.79 Å². The van der Waals surface area contributed by atoms with Gasteiger partial charge in [-0.25, -0.2) is 0 Å². The lowest BCUT2D eigenvalue weighted by Crippen LogP contribution is -2.40. The standard InChI is InChI=1S/C15H27NO2/c1-2-3-11-16-14(17)13-9-7-5-4-6-8-10-15(13)12-18-15/h13H,2-12H2,1H3,(H,16,17). The minimum absolute atomic E-state index is 0.0827. The zero-order valence-electron chi connectivity index (χ0n) is 11.7. The molecule has 18 heavy (non-hydrogen) atoms. The van der Waals surface area contributed by atoms with Gasteiger partial charge in [0.15, 0.2) is 0 Å². The first-order valence-corrected chi connectivity index (χ1v) is 7.70. The zero-order valence-corrected chi connectivity index (χ0v) is 11.7. The number of rotatable bonds is 4. The van der Waals surface area contributed by atoms with Crippen LogP contribution in [0, 0.1) is 5.92 Å². The van der Waals surface area contributed by atoms with Gasteiger partial charge in [0.05, 0.1) is 12.5 Å². The van der Waals surface area contributed by atoms with E-state index in [0.29, 0.717) is 0 Å². The van der Waals surface area contributed by atoms with Gasteiger partial charge in [-0.2, -0.15) is 0 Å². The molecule has 2 fully saturated rings. The quantitative estimate of drug-likeness (QED) is 0.618. The second-order valence-electron chi connectivity index (χ2n) is 5.86. The van der Waals surface area contributed by atoms with Crippen molar-refractivity contribution in [3.8, 4) is 0 Å². The van der Waals surface area contributed by atoms with Gasteiger partial charge in [0, 0.05) is 6.54 Å². The van der Waals surface area contributed by atoms with E-state index in [1.54, 1.807) is 0 Å². The van der Waals surface area contributed by atoms with Crippen LogP contribution in [0.1, 0.15) is 64.7 Å². The zero-order chi connectivity index (χ0) is 12.8. The molecule has 1 amide bonds. The molecule has 0 bridgehead atoms. The highest BCUT2D eigenvalue weighted by atomic mass is 16.6. The predicted octanol–water partition coefficient (Wildman–Crippen LogP) is 3.03. The van der Waals surface area contributed by atoms with Crippen molar-refractivity contribution in [3.05, 3.63) is 0 Å². The third-order valence-electron chi connectivity index (χ3n) is 4.39. The molecule has 0 radical (unpaired) electrons. The molecule has 1 aliphatic carbocycles. The summed E-state index contributed by atoms with van der Waals surface area (Å²) in [5, 5.41) is 3.10. The molecule has 1 heterocycles. The molecule has 0 aromatic heterocycles. The van der Waals surface area contributed by atoms with Crippen LogP contribution < -0.4 is 5.32 Å². The number of epoxide rings is 1. The Labute approximate surface area is 111 Å². The second-order valence-corrected chi connectivity index (χ2v) is 5.86. The Hall–Kier alpha value is -0.570. The maximum atomic E-state index is 12.3. The third-order valence-corrected chi connectivity index (χ3v) is 4.39. The van der Waals surface area contributed by atoms with Crippen molar-refractivity contribution in [3.63, 3.8) is 0 Å². The highest BCUT2D eigenvalue weighted by molar-refractivity contribution is 5.80. The molecule has 1 aliphatic heterocycles. The van der Waals surface area contributed by atoms with E-state index < -0.39 is 0 Å². The Morgan fingerprint density at radius 2 is 2.00 bits per heavy atom. The molecule has 1 spiro atoms. The highest BCUT2D eigenvalue weighted by Gasteiger charge is 2.53. The molecule has 2 unspecified atom stereocenters. The highest BCUT2D eigenvalue weighted by Crippen LogP contribution is 2.43. The molecule has 0 aromatic carbocycles. The molecule has 3 nitrogen and oxygen atoms in total. The normalized spacial score (nSPS) is 32.4. The summed E-state index contributed by atoms with van der Waals surface area (Å²) in [6.07, 6.45) is 10.6. The Morgan fingerprint density at radius 3 is 2.72 bits per heavy atom. The van der Waals surface area contributed by atoms with Gasteiger partial charge in [-0.05, 0) is 19.3 Å². The minimum Gasteiger partial charge on any atom is -0.369 e. The smallest absolute Gasteiger partial charge is 0.226 e. The number of nitrogens with one attached hydrogen (secondary N) is 1. The molecule has 2 aliphatic rings. The van der Waals surface area contributed by atoms with Gasteiger partial charge in [-0.15, -0.1) is 0 Å². The van der Waals surface area contributed by atoms with Crippen molar-refractivity contribution in [2.75, 3.05) is 13.2 Å². The van der Waals surface area contributed by atoms with Crippen LogP contribution in [0.4, 0.5) is 0 Å². The predicted molar refractivity (Wildman–Crippen MR) is 72.4 cm³/mol. The average Bonchev–Trinajstić information content (AvgIpc) is 3.10. The van der Waals surface area contributed by atoms with E-state index in [-0.39, 0.29) is 17.4 Å². The molecule has 2 atom stereocenters. The molecule has 1 saturated carbocycles. The van der Waals surface area contributed by atoms with E-state index in [9.17, 15) is 4.79 Å². The largest absolute Gasteiger partial charge is 0.369 e. The topological polar surface area (TPSA) is 41.6 Å². The fourth-order valence-electron chi connectivity index (χ4n) is 3.06. The lowest BCUT2D eigenvalue weighted by Gasteiger charge is -2.22. The van der Waals surface area contributed by atoms with Gasteiger partial charge in [-0.1, -0.05) is 45.4 Å². The number of carbonyl (C=O) groups is 1. The van der Waals surface area contributed by atoms with Crippen molar-refractivity contribution in [2.24, 2.45) is 5.92 Å². The number of carbonyl (C=O) groups excluding carboxylic acids is 1. The third kappa shape index (κ3) is 3.47. The van der Waals surface area contributed by atoms with Crippen LogP contribution in [-0.2, 0) is 9.53 Å². The lowest BCUT2D eigenvalue weighted by molar-refractivity contribution is -0.127. The average molecular weight is 253 g/mol. The van der Waals surface area contributed by atoms with Gasteiger partial charge >= 0.3 is 0 Å². The van der Waals surface area contributed by atoms with E-state index in [1.807, 2.05) is 0 Å². The maximum absolute atomic E-state index is 12.3. The van der Waals surface area contributed by atoms with Crippen molar-refractivity contribution < 1.29 is 9.53 Å². The molecule has 3 heteroatoms. The Bertz CT molecular complexity index is 274. The Balaban J connectivity index is 1.91. The molecule has 1 saturated heterocycles. The SMILES string of the molecule is CCCCNC(=O)C1CCCCCCCC12CO2. The fraction of sp³-hybridized carbons (Fsp3) is 0.933. The first-order valence-electron chi connectivity index (χ1n) is 7.70. The van der Waals surface area contributed by atoms with Crippen LogP contribution in [0.5, 0.6) is 0 Å². The number of hydrogen-bond acceptors (Lipinski definition) is 2. The van der Waals surface area contributed by atoms with Crippen LogP contribution in [0.3, 0.4) is 0 Å². The van der Waals surface area contributed by atoms with Crippen LogP contribution in [0.2, 0.25) is 0 Å². The summed E-state index contributed by atoms with van der Waals surface area (Å²) < 4.78 is 5.71. The Morgan fingerprint density at radius 1 is 1.28 bits per heavy atom. The van der Waals surface area contributed by atoms with Crippen LogP contribution in [0.15, 0.2) is 0 Å². The van der Waals surface area contributed by atoms with E-state index in [1.165, 1.54) is 32.1 Å². The van der Waals surface area contributed by atoms with E-state index >= 15 is 0 Å². The first-order chi connectivity index (χ1) is 8.78. The minimum atomic E-state index is -0.0827. The maximum Gasteiger partial charge on any atom is 0.226 e. The summed E-state index contributed by atoms with van der Waals surface area (Å²) in [6, 6.07) is 0. The van der Waals surface area contributed by atoms with Crippen LogP contribution in [-0.4, -0.2) is 24.7 Å². The van der Waals surface area contributed by atoms with Gasteiger partial charge in [0.25, 0.3) is 0 Å². The molecule has 1 N–H and O–H groups in total. The summed E-state index contributed by atoms with van der Waals surface area (Å²) >= 11 is 0. The van der Waals surface area contributed by atoms with Crippen molar-refractivity contribution in [1.29, 1.82) is 0 Å². The summed E-state index contributed by atoms with van der Waals surface area (Å²) in [5.41, 5.74) is -0.0827. The summed E-state index contributed by atoms with van der Waals surface area (Å²) in [5.74, 6) is 0.343. The van der Waals surface area contributed by atoms with Crippen molar-refractivity contribution in [1.82, 2.24) is 5.32 Å². The van der Waals surface area contributed by atoms with Crippen molar-refractivity contribution in [2.45, 2.75) is 70.3 Å².